The van der Waals surface area contributed by atoms with E-state index >= 15 is 0 Å². The van der Waals surface area contributed by atoms with E-state index in [-0.39, 0.29) is 0 Å². The summed E-state index contributed by atoms with van der Waals surface area (Å²) in [5.41, 5.74) is 3.11. The molecule has 104 valence electrons. The third-order valence-electron chi connectivity index (χ3n) is 3.39. The Morgan fingerprint density at radius 2 is 1.79 bits per heavy atom. The highest BCUT2D eigenvalue weighted by Crippen LogP contribution is 2.40. The molecule has 0 bridgehead atoms. The molecule has 0 unspecified atom stereocenters. The van der Waals surface area contributed by atoms with E-state index in [1.54, 1.807) is 0 Å². The van der Waals surface area contributed by atoms with E-state index in [4.69, 9.17) is 9.47 Å². The maximum Gasteiger partial charge on any atom is 0.164 e. The smallest absolute Gasteiger partial charge is 0.164 e. The number of hydrogen-bond acceptors (Lipinski definition) is 3. The third kappa shape index (κ3) is 2.91. The molecule has 2 rings (SSSR count). The minimum Gasteiger partial charge on any atom is -0.490 e. The molecule has 0 saturated heterocycles. The molecule has 1 aliphatic carbocycles. The van der Waals surface area contributed by atoms with Crippen LogP contribution < -0.4 is 9.47 Å². The fourth-order valence-corrected chi connectivity index (χ4v) is 2.54. The van der Waals surface area contributed by atoms with E-state index in [0.29, 0.717) is 13.2 Å². The zero-order chi connectivity index (χ0) is 13.7. The second kappa shape index (κ2) is 6.60. The van der Waals surface area contributed by atoms with Crippen molar-refractivity contribution in [3.8, 4) is 11.5 Å². The highest BCUT2D eigenvalue weighted by Gasteiger charge is 2.23. The number of carbonyl (C=O) groups excluding carboxylic acids is 1. The van der Waals surface area contributed by atoms with Gasteiger partial charge in [-0.25, -0.2) is 0 Å². The van der Waals surface area contributed by atoms with Crippen LogP contribution in [0.3, 0.4) is 0 Å². The molecule has 0 amide bonds. The largest absolute Gasteiger partial charge is 0.490 e. The standard InChI is InChI=1S/C16H22O3/c1-3-8-18-15-10-12(11-17)13-6-5-7-14(13)16(15)19-9-4-2/h10-11H,3-9H2,1-2H3. The van der Waals surface area contributed by atoms with Crippen molar-refractivity contribution >= 4 is 6.29 Å². The van der Waals surface area contributed by atoms with Gasteiger partial charge in [-0.1, -0.05) is 13.8 Å². The van der Waals surface area contributed by atoms with Crippen molar-refractivity contribution in [1.82, 2.24) is 0 Å². The fraction of sp³-hybridized carbons (Fsp3) is 0.562. The van der Waals surface area contributed by atoms with Gasteiger partial charge >= 0.3 is 0 Å². The Labute approximate surface area is 114 Å². The van der Waals surface area contributed by atoms with Gasteiger partial charge in [-0.05, 0) is 43.7 Å². The van der Waals surface area contributed by atoms with Gasteiger partial charge in [0.1, 0.15) is 6.29 Å². The van der Waals surface area contributed by atoms with Crippen molar-refractivity contribution in [2.24, 2.45) is 0 Å². The first-order valence-electron chi connectivity index (χ1n) is 7.21. The molecular weight excluding hydrogens is 240 g/mol. The molecule has 1 aromatic rings. The second-order valence-corrected chi connectivity index (χ2v) is 4.92. The van der Waals surface area contributed by atoms with Crippen LogP contribution in [-0.2, 0) is 12.8 Å². The van der Waals surface area contributed by atoms with Crippen LogP contribution in [0.25, 0.3) is 0 Å². The number of ether oxygens (including phenoxy) is 2. The van der Waals surface area contributed by atoms with Crippen LogP contribution in [0.4, 0.5) is 0 Å². The number of rotatable bonds is 7. The molecule has 1 aromatic carbocycles. The average molecular weight is 262 g/mol. The highest BCUT2D eigenvalue weighted by atomic mass is 16.5. The lowest BCUT2D eigenvalue weighted by Gasteiger charge is -2.17. The summed E-state index contributed by atoms with van der Waals surface area (Å²) < 4.78 is 11.7. The van der Waals surface area contributed by atoms with Gasteiger partial charge in [-0.15, -0.1) is 0 Å². The van der Waals surface area contributed by atoms with Crippen LogP contribution in [0.15, 0.2) is 6.07 Å². The Morgan fingerprint density at radius 1 is 1.11 bits per heavy atom. The van der Waals surface area contributed by atoms with Gasteiger partial charge in [0.05, 0.1) is 13.2 Å². The first-order chi connectivity index (χ1) is 9.31. The number of fused-ring (bicyclic) bond motifs is 1. The number of hydrogen-bond donors (Lipinski definition) is 0. The highest BCUT2D eigenvalue weighted by molar-refractivity contribution is 5.81. The summed E-state index contributed by atoms with van der Waals surface area (Å²) in [6.07, 6.45) is 5.90. The van der Waals surface area contributed by atoms with Crippen molar-refractivity contribution < 1.29 is 14.3 Å². The molecule has 0 atom stereocenters. The van der Waals surface area contributed by atoms with Crippen molar-refractivity contribution in [2.75, 3.05) is 13.2 Å². The summed E-state index contributed by atoms with van der Waals surface area (Å²) in [4.78, 5) is 11.2. The van der Waals surface area contributed by atoms with Crippen molar-refractivity contribution in [3.05, 3.63) is 22.8 Å². The Hall–Kier alpha value is -1.51. The molecule has 0 spiro atoms. The molecule has 19 heavy (non-hydrogen) atoms. The van der Waals surface area contributed by atoms with Gasteiger partial charge < -0.3 is 9.47 Å². The zero-order valence-electron chi connectivity index (χ0n) is 11.8. The number of carbonyl (C=O) groups is 1. The molecule has 0 saturated carbocycles. The lowest BCUT2D eigenvalue weighted by molar-refractivity contribution is 0.112. The van der Waals surface area contributed by atoms with Gasteiger partial charge in [0.2, 0.25) is 0 Å². The van der Waals surface area contributed by atoms with Crippen LogP contribution in [0.1, 0.15) is 54.6 Å². The first-order valence-corrected chi connectivity index (χ1v) is 7.21. The first kappa shape index (κ1) is 13.9. The Bertz CT molecular complexity index is 452. The summed E-state index contributed by atoms with van der Waals surface area (Å²) in [6.45, 7) is 5.50. The maximum atomic E-state index is 11.2. The minimum atomic E-state index is 0.652. The summed E-state index contributed by atoms with van der Waals surface area (Å²) in [7, 11) is 0. The third-order valence-corrected chi connectivity index (χ3v) is 3.39. The number of aldehydes is 1. The molecule has 0 fully saturated rings. The van der Waals surface area contributed by atoms with Gasteiger partial charge in [0, 0.05) is 11.1 Å². The summed E-state index contributed by atoms with van der Waals surface area (Å²) in [5, 5.41) is 0. The fourth-order valence-electron chi connectivity index (χ4n) is 2.54. The molecule has 0 heterocycles. The van der Waals surface area contributed by atoms with E-state index < -0.39 is 0 Å². The van der Waals surface area contributed by atoms with E-state index in [2.05, 4.69) is 13.8 Å². The van der Waals surface area contributed by atoms with E-state index in [0.717, 1.165) is 61.0 Å². The SMILES string of the molecule is CCCOc1cc(C=O)c2c(c1OCCC)CCC2. The molecule has 0 radical (unpaired) electrons. The molecule has 0 N–H and O–H groups in total. The number of benzene rings is 1. The van der Waals surface area contributed by atoms with Gasteiger partial charge in [-0.3, -0.25) is 4.79 Å². The van der Waals surface area contributed by atoms with Crippen molar-refractivity contribution in [2.45, 2.75) is 46.0 Å². The second-order valence-electron chi connectivity index (χ2n) is 4.92. The van der Waals surface area contributed by atoms with Crippen molar-refractivity contribution in [3.63, 3.8) is 0 Å². The van der Waals surface area contributed by atoms with Crippen LogP contribution in [0, 0.1) is 0 Å². The Morgan fingerprint density at radius 3 is 2.47 bits per heavy atom. The van der Waals surface area contributed by atoms with Gasteiger partial charge in [0.15, 0.2) is 11.5 Å². The Balaban J connectivity index is 2.40. The van der Waals surface area contributed by atoms with Gasteiger partial charge in [0.25, 0.3) is 0 Å². The van der Waals surface area contributed by atoms with Crippen molar-refractivity contribution in [1.29, 1.82) is 0 Å². The average Bonchev–Trinajstić information content (AvgIpc) is 2.91. The summed E-state index contributed by atoms with van der Waals surface area (Å²) >= 11 is 0. The molecule has 3 nitrogen and oxygen atoms in total. The molecule has 1 aliphatic rings. The quantitative estimate of drug-likeness (QED) is 0.705. The molecule has 3 heteroatoms. The predicted octanol–water partition coefficient (Wildman–Crippen LogP) is 3.57. The predicted molar refractivity (Wildman–Crippen MR) is 75.4 cm³/mol. The van der Waals surface area contributed by atoms with Crippen LogP contribution in [-0.4, -0.2) is 19.5 Å². The lowest BCUT2D eigenvalue weighted by Crippen LogP contribution is -2.06. The zero-order valence-corrected chi connectivity index (χ0v) is 11.8. The van der Waals surface area contributed by atoms with E-state index in [1.165, 1.54) is 5.56 Å². The Kier molecular flexibility index (Phi) is 4.83. The lowest BCUT2D eigenvalue weighted by atomic mass is 10.0. The van der Waals surface area contributed by atoms with Crippen LogP contribution in [0.5, 0.6) is 11.5 Å². The van der Waals surface area contributed by atoms with E-state index in [9.17, 15) is 4.79 Å². The van der Waals surface area contributed by atoms with Crippen LogP contribution >= 0.6 is 0 Å². The van der Waals surface area contributed by atoms with Crippen LogP contribution in [0.2, 0.25) is 0 Å². The summed E-state index contributed by atoms with van der Waals surface area (Å²) in [6, 6.07) is 1.85. The molecular formula is C16H22O3. The topological polar surface area (TPSA) is 35.5 Å². The minimum absolute atomic E-state index is 0.652. The molecule has 0 aliphatic heterocycles. The summed E-state index contributed by atoms with van der Waals surface area (Å²) in [5.74, 6) is 1.60. The monoisotopic (exact) mass is 262 g/mol. The van der Waals surface area contributed by atoms with Gasteiger partial charge in [-0.2, -0.15) is 0 Å². The maximum absolute atomic E-state index is 11.2. The normalized spacial score (nSPS) is 13.2. The van der Waals surface area contributed by atoms with E-state index in [1.807, 2.05) is 6.07 Å². The molecule has 0 aromatic heterocycles.